The minimum Gasteiger partial charge on any atom is -0.481 e. The van der Waals surface area contributed by atoms with Crippen LogP contribution in [0.3, 0.4) is 0 Å². The number of para-hydroxylation sites is 1. The van der Waals surface area contributed by atoms with E-state index < -0.39 is 17.9 Å². The number of rotatable bonds is 3. The molecule has 0 radical (unpaired) electrons. The lowest BCUT2D eigenvalue weighted by Crippen LogP contribution is -2.44. The van der Waals surface area contributed by atoms with Crippen LogP contribution in [-0.4, -0.2) is 17.0 Å². The van der Waals surface area contributed by atoms with Gasteiger partial charge < -0.3 is 5.11 Å². The van der Waals surface area contributed by atoms with Crippen LogP contribution >= 0.6 is 11.3 Å². The first kappa shape index (κ1) is 15.6. The maximum atomic E-state index is 13.2. The third-order valence-electron chi connectivity index (χ3n) is 4.47. The van der Waals surface area contributed by atoms with Crippen molar-refractivity contribution in [3.05, 3.63) is 88.1 Å². The van der Waals surface area contributed by atoms with Crippen molar-refractivity contribution < 1.29 is 14.7 Å². The van der Waals surface area contributed by atoms with Gasteiger partial charge in [-0.05, 0) is 35.2 Å². The lowest BCUT2D eigenvalue weighted by Gasteiger charge is -2.40. The Balaban J connectivity index is 1.98. The number of carboxylic acid groups (broad SMARTS) is 1. The number of fused-ring (bicyclic) bond motifs is 1. The van der Waals surface area contributed by atoms with E-state index in [1.54, 1.807) is 29.2 Å². The largest absolute Gasteiger partial charge is 0.481 e. The maximum absolute atomic E-state index is 13.2. The molecule has 3 aromatic rings. The Morgan fingerprint density at radius 2 is 1.68 bits per heavy atom. The van der Waals surface area contributed by atoms with Crippen LogP contribution in [0.1, 0.15) is 32.8 Å². The average molecular weight is 349 g/mol. The number of thiophene rings is 1. The van der Waals surface area contributed by atoms with Crippen molar-refractivity contribution in [3.63, 3.8) is 0 Å². The summed E-state index contributed by atoms with van der Waals surface area (Å²) in [6.07, 6.45) is 0. The van der Waals surface area contributed by atoms with Crippen molar-refractivity contribution in [1.82, 2.24) is 0 Å². The second-order valence-corrected chi connectivity index (χ2v) is 6.85. The normalized spacial score (nSPS) is 19.5. The summed E-state index contributed by atoms with van der Waals surface area (Å²) in [5.74, 6) is -1.91. The summed E-state index contributed by atoms with van der Waals surface area (Å²) >= 11 is 1.47. The summed E-state index contributed by atoms with van der Waals surface area (Å²) in [6.45, 7) is 0. The Kier molecular flexibility index (Phi) is 3.86. The zero-order valence-electron chi connectivity index (χ0n) is 13.2. The summed E-state index contributed by atoms with van der Waals surface area (Å²) in [5.41, 5.74) is 1.73. The number of amides is 1. The number of hydrogen-bond acceptors (Lipinski definition) is 3. The van der Waals surface area contributed by atoms with Gasteiger partial charge in [-0.1, -0.05) is 42.5 Å². The van der Waals surface area contributed by atoms with Crippen LogP contribution in [0, 0.1) is 0 Å². The van der Waals surface area contributed by atoms with E-state index in [4.69, 9.17) is 0 Å². The van der Waals surface area contributed by atoms with Gasteiger partial charge in [0.2, 0.25) is 0 Å². The van der Waals surface area contributed by atoms with Gasteiger partial charge in [-0.3, -0.25) is 14.5 Å². The van der Waals surface area contributed by atoms with Gasteiger partial charge in [-0.2, -0.15) is 0 Å². The average Bonchev–Trinajstić information content (AvgIpc) is 3.16. The Morgan fingerprint density at radius 3 is 2.36 bits per heavy atom. The molecular weight excluding hydrogens is 334 g/mol. The number of carbonyl (C=O) groups is 2. The van der Waals surface area contributed by atoms with Gasteiger partial charge in [0.05, 0.1) is 6.04 Å². The molecule has 0 saturated carbocycles. The maximum Gasteiger partial charge on any atom is 0.313 e. The van der Waals surface area contributed by atoms with Gasteiger partial charge in [0.25, 0.3) is 5.91 Å². The van der Waals surface area contributed by atoms with Crippen molar-refractivity contribution in [2.45, 2.75) is 12.0 Å². The summed E-state index contributed by atoms with van der Waals surface area (Å²) in [7, 11) is 0. The fourth-order valence-corrected chi connectivity index (χ4v) is 4.28. The number of carboxylic acids is 1. The quantitative estimate of drug-likeness (QED) is 0.766. The smallest absolute Gasteiger partial charge is 0.313 e. The molecule has 1 N–H and O–H groups in total. The topological polar surface area (TPSA) is 57.6 Å². The first-order chi connectivity index (χ1) is 12.2. The monoisotopic (exact) mass is 349 g/mol. The van der Waals surface area contributed by atoms with Gasteiger partial charge in [-0.25, -0.2) is 0 Å². The van der Waals surface area contributed by atoms with Crippen LogP contribution in [0.25, 0.3) is 0 Å². The highest BCUT2D eigenvalue weighted by Crippen LogP contribution is 2.46. The molecule has 0 unspecified atom stereocenters. The van der Waals surface area contributed by atoms with E-state index >= 15 is 0 Å². The molecule has 5 heteroatoms. The van der Waals surface area contributed by atoms with Crippen LogP contribution in [0.2, 0.25) is 0 Å². The molecule has 0 saturated heterocycles. The third kappa shape index (κ3) is 2.53. The molecule has 2 aromatic carbocycles. The number of anilines is 1. The number of aliphatic carboxylic acids is 1. The molecule has 2 atom stereocenters. The second kappa shape index (κ2) is 6.18. The molecule has 4 rings (SSSR count). The van der Waals surface area contributed by atoms with Gasteiger partial charge in [0.1, 0.15) is 5.92 Å². The van der Waals surface area contributed by atoms with E-state index in [9.17, 15) is 14.7 Å². The molecule has 124 valence electrons. The highest BCUT2D eigenvalue weighted by molar-refractivity contribution is 7.10. The number of hydrogen-bond donors (Lipinski definition) is 1. The molecule has 0 fully saturated rings. The van der Waals surface area contributed by atoms with Crippen LogP contribution in [-0.2, 0) is 4.79 Å². The van der Waals surface area contributed by atoms with E-state index in [2.05, 4.69) is 0 Å². The summed E-state index contributed by atoms with van der Waals surface area (Å²) < 4.78 is 0. The Bertz CT molecular complexity index is 921. The van der Waals surface area contributed by atoms with E-state index in [1.807, 2.05) is 47.8 Å². The number of nitrogens with zero attached hydrogens (tertiary/aromatic N) is 1. The molecular formula is C20H15NO3S. The molecule has 25 heavy (non-hydrogen) atoms. The second-order valence-electron chi connectivity index (χ2n) is 5.87. The zero-order chi connectivity index (χ0) is 17.4. The molecule has 0 aliphatic carbocycles. The van der Waals surface area contributed by atoms with Crippen molar-refractivity contribution in [2.75, 3.05) is 4.90 Å². The van der Waals surface area contributed by atoms with Crippen molar-refractivity contribution in [2.24, 2.45) is 0 Å². The first-order valence-corrected chi connectivity index (χ1v) is 8.80. The Morgan fingerprint density at radius 1 is 0.960 bits per heavy atom. The van der Waals surface area contributed by atoms with E-state index in [0.29, 0.717) is 16.8 Å². The van der Waals surface area contributed by atoms with Gasteiger partial charge >= 0.3 is 5.97 Å². The molecule has 1 aliphatic rings. The Hall–Kier alpha value is -2.92. The van der Waals surface area contributed by atoms with Gasteiger partial charge in [0, 0.05) is 16.1 Å². The number of carbonyl (C=O) groups excluding carboxylic acids is 1. The summed E-state index contributed by atoms with van der Waals surface area (Å²) in [4.78, 5) is 27.9. The minimum atomic E-state index is -0.931. The van der Waals surface area contributed by atoms with E-state index in [0.717, 1.165) is 4.88 Å². The lowest BCUT2D eigenvalue weighted by molar-refractivity contribution is -0.139. The van der Waals surface area contributed by atoms with Crippen molar-refractivity contribution >= 4 is 28.9 Å². The molecule has 4 nitrogen and oxygen atoms in total. The fraction of sp³-hybridized carbons (Fsp3) is 0.100. The van der Waals surface area contributed by atoms with Crippen LogP contribution in [0.5, 0.6) is 0 Å². The molecule has 1 amide bonds. The van der Waals surface area contributed by atoms with Crippen molar-refractivity contribution in [1.29, 1.82) is 0 Å². The highest BCUT2D eigenvalue weighted by Gasteiger charge is 2.45. The Labute approximate surface area is 149 Å². The lowest BCUT2D eigenvalue weighted by atomic mass is 9.82. The summed E-state index contributed by atoms with van der Waals surface area (Å²) in [6, 6.07) is 19.5. The van der Waals surface area contributed by atoms with Gasteiger partial charge in [-0.15, -0.1) is 11.3 Å². The molecule has 2 heterocycles. The minimum absolute atomic E-state index is 0.169. The predicted octanol–water partition coefficient (Wildman–Crippen LogP) is 4.32. The summed E-state index contributed by atoms with van der Waals surface area (Å²) in [5, 5.41) is 11.9. The predicted molar refractivity (Wildman–Crippen MR) is 97.1 cm³/mol. The molecule has 0 spiro atoms. The van der Waals surface area contributed by atoms with Crippen molar-refractivity contribution in [3.8, 4) is 0 Å². The van der Waals surface area contributed by atoms with Crippen LogP contribution < -0.4 is 4.90 Å². The van der Waals surface area contributed by atoms with E-state index in [-0.39, 0.29) is 5.91 Å². The van der Waals surface area contributed by atoms with Crippen LogP contribution in [0.4, 0.5) is 5.69 Å². The third-order valence-corrected chi connectivity index (χ3v) is 5.42. The SMILES string of the molecule is O=C(O)[C@@H]1c2ccccc2C(=O)N(c2ccccc2)[C@@H]1c1cccs1. The molecule has 1 aliphatic heterocycles. The highest BCUT2D eigenvalue weighted by atomic mass is 32.1. The molecule has 1 aromatic heterocycles. The van der Waals surface area contributed by atoms with E-state index in [1.165, 1.54) is 11.3 Å². The van der Waals surface area contributed by atoms with Gasteiger partial charge in [0.15, 0.2) is 0 Å². The first-order valence-electron chi connectivity index (χ1n) is 7.92. The fourth-order valence-electron chi connectivity index (χ4n) is 3.42. The zero-order valence-corrected chi connectivity index (χ0v) is 14.0. The number of benzene rings is 2. The molecule has 0 bridgehead atoms. The standard InChI is InChI=1S/C20H15NO3S/c22-19-15-10-5-4-9-14(15)17(20(23)24)18(16-11-6-12-25-16)21(19)13-7-2-1-3-8-13/h1-12,17-18H,(H,23,24)/t17-,18-/m1/s1. The van der Waals surface area contributed by atoms with Crippen LogP contribution in [0.15, 0.2) is 72.1 Å².